The Morgan fingerprint density at radius 1 is 1.18 bits per heavy atom. The Balaban J connectivity index is 3.19. The molecule has 0 heterocycles. The minimum atomic E-state index is -5.62. The van der Waals surface area contributed by atoms with Crippen molar-refractivity contribution in [2.45, 2.75) is 19.4 Å². The molecule has 0 radical (unpaired) electrons. The number of benzene rings is 1. The highest BCUT2D eigenvalue weighted by Crippen LogP contribution is 2.32. The van der Waals surface area contributed by atoms with Gasteiger partial charge in [0, 0.05) is 4.47 Å². The highest BCUT2D eigenvalue weighted by atomic mass is 79.9. The zero-order chi connectivity index (χ0) is 13.4. The summed E-state index contributed by atoms with van der Waals surface area (Å²) >= 11 is 3.17. The van der Waals surface area contributed by atoms with Crippen LogP contribution in [0.2, 0.25) is 0 Å². The van der Waals surface area contributed by atoms with Crippen LogP contribution in [0.25, 0.3) is 0 Å². The molecule has 0 N–H and O–H groups in total. The van der Waals surface area contributed by atoms with Crippen LogP contribution in [0.5, 0.6) is 5.75 Å². The van der Waals surface area contributed by atoms with Gasteiger partial charge in [0.05, 0.1) is 0 Å². The van der Waals surface area contributed by atoms with E-state index in [1.165, 1.54) is 13.0 Å². The Kier molecular flexibility index (Phi) is 3.78. The first kappa shape index (κ1) is 14.3. The van der Waals surface area contributed by atoms with Crippen molar-refractivity contribution in [3.63, 3.8) is 0 Å². The minimum absolute atomic E-state index is 0.326. The van der Waals surface area contributed by atoms with Gasteiger partial charge in [-0.2, -0.15) is 21.6 Å². The van der Waals surface area contributed by atoms with Crippen LogP contribution in [-0.2, 0) is 10.1 Å². The summed E-state index contributed by atoms with van der Waals surface area (Å²) in [4.78, 5) is 0. The molecule has 1 aromatic carbocycles. The Labute approximate surface area is 105 Å². The van der Waals surface area contributed by atoms with Gasteiger partial charge in [-0.3, -0.25) is 0 Å². The number of hydrogen-bond acceptors (Lipinski definition) is 3. The Morgan fingerprint density at radius 2 is 1.71 bits per heavy atom. The van der Waals surface area contributed by atoms with Crippen LogP contribution < -0.4 is 4.18 Å². The lowest BCUT2D eigenvalue weighted by Gasteiger charge is -2.13. The van der Waals surface area contributed by atoms with Gasteiger partial charge < -0.3 is 4.18 Å². The van der Waals surface area contributed by atoms with E-state index in [9.17, 15) is 21.6 Å². The maximum absolute atomic E-state index is 12.1. The van der Waals surface area contributed by atoms with Crippen LogP contribution in [-0.4, -0.2) is 13.9 Å². The van der Waals surface area contributed by atoms with Crippen molar-refractivity contribution in [1.82, 2.24) is 0 Å². The van der Waals surface area contributed by atoms with Gasteiger partial charge in [-0.25, -0.2) is 0 Å². The van der Waals surface area contributed by atoms with E-state index in [2.05, 4.69) is 20.1 Å². The van der Waals surface area contributed by atoms with Crippen molar-refractivity contribution in [3.05, 3.63) is 27.7 Å². The Bertz CT molecular complexity index is 537. The van der Waals surface area contributed by atoms with Crippen LogP contribution >= 0.6 is 15.9 Å². The summed E-state index contributed by atoms with van der Waals surface area (Å²) in [6, 6.07) is 2.58. The number of alkyl halides is 3. The zero-order valence-electron chi connectivity index (χ0n) is 8.80. The van der Waals surface area contributed by atoms with Gasteiger partial charge in [-0.05, 0) is 37.1 Å². The molecule has 0 bridgehead atoms. The molecule has 0 amide bonds. The molecule has 8 heteroatoms. The average molecular weight is 333 g/mol. The van der Waals surface area contributed by atoms with E-state index in [0.717, 1.165) is 6.07 Å². The second kappa shape index (κ2) is 4.49. The molecule has 0 aliphatic heterocycles. The summed E-state index contributed by atoms with van der Waals surface area (Å²) in [7, 11) is -5.62. The van der Waals surface area contributed by atoms with Crippen LogP contribution in [0.15, 0.2) is 16.6 Å². The smallest absolute Gasteiger partial charge is 0.376 e. The first-order chi connectivity index (χ1) is 7.56. The third kappa shape index (κ3) is 2.92. The van der Waals surface area contributed by atoms with Gasteiger partial charge in [-0.1, -0.05) is 15.9 Å². The van der Waals surface area contributed by atoms with Crippen molar-refractivity contribution in [2.24, 2.45) is 0 Å². The SMILES string of the molecule is Cc1c(Br)ccc(OS(=O)(=O)C(F)(F)F)c1C. The molecule has 0 atom stereocenters. The summed E-state index contributed by atoms with van der Waals surface area (Å²) in [5.74, 6) is -0.331. The molecule has 1 aromatic rings. The van der Waals surface area contributed by atoms with Crippen molar-refractivity contribution in [2.75, 3.05) is 0 Å². The fraction of sp³-hybridized carbons (Fsp3) is 0.333. The van der Waals surface area contributed by atoms with Crippen LogP contribution in [0.4, 0.5) is 13.2 Å². The Hall–Kier alpha value is -0.760. The molecular formula is C9H8BrF3O3S. The summed E-state index contributed by atoms with van der Waals surface area (Å²) < 4.78 is 62.7. The first-order valence-electron chi connectivity index (χ1n) is 4.32. The maximum Gasteiger partial charge on any atom is 0.534 e. The van der Waals surface area contributed by atoms with Gasteiger partial charge in [0.2, 0.25) is 0 Å². The summed E-state index contributed by atoms with van der Waals surface area (Å²) in [6.07, 6.45) is 0. The quantitative estimate of drug-likeness (QED) is 0.616. The Morgan fingerprint density at radius 3 is 2.18 bits per heavy atom. The van der Waals surface area contributed by atoms with E-state index in [-0.39, 0.29) is 5.75 Å². The van der Waals surface area contributed by atoms with Crippen LogP contribution in [0, 0.1) is 13.8 Å². The normalized spacial score (nSPS) is 12.6. The van der Waals surface area contributed by atoms with E-state index in [0.29, 0.717) is 15.6 Å². The van der Waals surface area contributed by atoms with Crippen LogP contribution in [0.1, 0.15) is 11.1 Å². The van der Waals surface area contributed by atoms with Crippen molar-refractivity contribution in [3.8, 4) is 5.75 Å². The average Bonchev–Trinajstić information content (AvgIpc) is 2.17. The van der Waals surface area contributed by atoms with E-state index in [4.69, 9.17) is 0 Å². The van der Waals surface area contributed by atoms with Gasteiger partial charge >= 0.3 is 15.6 Å². The van der Waals surface area contributed by atoms with Gasteiger partial charge in [-0.15, -0.1) is 0 Å². The second-order valence-corrected chi connectivity index (χ2v) is 5.67. The van der Waals surface area contributed by atoms with Crippen molar-refractivity contribution >= 4 is 26.0 Å². The molecule has 0 saturated heterocycles. The standard InChI is InChI=1S/C9H8BrF3O3S/c1-5-6(2)8(4-3-7(5)10)16-17(14,15)9(11,12)13/h3-4H,1-2H3. The lowest BCUT2D eigenvalue weighted by atomic mass is 10.1. The van der Waals surface area contributed by atoms with E-state index in [1.807, 2.05) is 0 Å². The highest BCUT2D eigenvalue weighted by molar-refractivity contribution is 9.10. The van der Waals surface area contributed by atoms with Crippen molar-refractivity contribution in [1.29, 1.82) is 0 Å². The molecule has 17 heavy (non-hydrogen) atoms. The third-order valence-corrected chi connectivity index (χ3v) is 3.98. The molecular weight excluding hydrogens is 325 g/mol. The second-order valence-electron chi connectivity index (χ2n) is 3.28. The molecule has 3 nitrogen and oxygen atoms in total. The van der Waals surface area contributed by atoms with E-state index in [1.54, 1.807) is 6.92 Å². The number of rotatable bonds is 2. The molecule has 0 spiro atoms. The summed E-state index contributed by atoms with van der Waals surface area (Å²) in [5, 5.41) is 0. The van der Waals surface area contributed by atoms with Crippen molar-refractivity contribution < 1.29 is 25.8 Å². The monoisotopic (exact) mass is 332 g/mol. The predicted molar refractivity (Wildman–Crippen MR) is 59.2 cm³/mol. The molecule has 0 fully saturated rings. The predicted octanol–water partition coefficient (Wildman–Crippen LogP) is 3.29. The highest BCUT2D eigenvalue weighted by Gasteiger charge is 2.48. The topological polar surface area (TPSA) is 43.4 Å². The van der Waals surface area contributed by atoms with Gasteiger partial charge in [0.1, 0.15) is 5.75 Å². The number of halogens is 4. The van der Waals surface area contributed by atoms with Crippen LogP contribution in [0.3, 0.4) is 0 Å². The minimum Gasteiger partial charge on any atom is -0.376 e. The molecule has 96 valence electrons. The summed E-state index contributed by atoms with van der Waals surface area (Å²) in [5.41, 5.74) is -4.49. The largest absolute Gasteiger partial charge is 0.534 e. The fourth-order valence-corrected chi connectivity index (χ4v) is 1.96. The first-order valence-corrected chi connectivity index (χ1v) is 6.53. The van der Waals surface area contributed by atoms with Gasteiger partial charge in [0.25, 0.3) is 0 Å². The molecule has 0 aliphatic carbocycles. The van der Waals surface area contributed by atoms with E-state index >= 15 is 0 Å². The van der Waals surface area contributed by atoms with Gasteiger partial charge in [0.15, 0.2) is 0 Å². The molecule has 1 rings (SSSR count). The lowest BCUT2D eigenvalue weighted by Crippen LogP contribution is -2.28. The number of hydrogen-bond donors (Lipinski definition) is 0. The lowest BCUT2D eigenvalue weighted by molar-refractivity contribution is -0.0500. The molecule has 0 unspecified atom stereocenters. The molecule has 0 aliphatic rings. The summed E-state index contributed by atoms with van der Waals surface area (Å²) in [6.45, 7) is 3.10. The maximum atomic E-state index is 12.1. The van der Waals surface area contributed by atoms with E-state index < -0.39 is 15.6 Å². The fourth-order valence-electron chi connectivity index (χ4n) is 1.02. The third-order valence-electron chi connectivity index (χ3n) is 2.15. The molecule has 0 saturated carbocycles. The molecule has 0 aromatic heterocycles. The zero-order valence-corrected chi connectivity index (χ0v) is 11.2.